The van der Waals surface area contributed by atoms with E-state index in [1.165, 1.54) is 0 Å². The van der Waals surface area contributed by atoms with Crippen LogP contribution in [0.3, 0.4) is 0 Å². The second-order valence-corrected chi connectivity index (χ2v) is 5.69. The standard InChI is InChI=1S/C17H14ClN3O2/c1-10-7-11(2)9-13(8-10)15(22)19-17-21-20-16(23-17)12-3-5-14(18)6-4-12/h3-9H,1-2H3,(H,19,21,22). The first-order valence-electron chi connectivity index (χ1n) is 7.00. The number of hydrogen-bond donors (Lipinski definition) is 1. The highest BCUT2D eigenvalue weighted by molar-refractivity contribution is 6.30. The molecule has 0 unspecified atom stereocenters. The fourth-order valence-corrected chi connectivity index (χ4v) is 2.38. The van der Waals surface area contributed by atoms with Gasteiger partial charge in [0.25, 0.3) is 5.91 Å². The van der Waals surface area contributed by atoms with Gasteiger partial charge in [-0.25, -0.2) is 0 Å². The number of halogens is 1. The van der Waals surface area contributed by atoms with Gasteiger partial charge in [-0.1, -0.05) is 33.9 Å². The summed E-state index contributed by atoms with van der Waals surface area (Å²) in [5.41, 5.74) is 3.31. The predicted molar refractivity (Wildman–Crippen MR) is 88.6 cm³/mol. The Morgan fingerprint density at radius 1 is 1.04 bits per heavy atom. The first-order chi connectivity index (χ1) is 11.0. The van der Waals surface area contributed by atoms with Crippen LogP contribution in [0.2, 0.25) is 5.02 Å². The van der Waals surface area contributed by atoms with Crippen molar-refractivity contribution < 1.29 is 9.21 Å². The van der Waals surface area contributed by atoms with Gasteiger partial charge in [-0.05, 0) is 50.2 Å². The highest BCUT2D eigenvalue weighted by Gasteiger charge is 2.13. The maximum atomic E-state index is 12.3. The number of aryl methyl sites for hydroxylation is 2. The second-order valence-electron chi connectivity index (χ2n) is 5.25. The molecule has 1 heterocycles. The molecule has 0 saturated carbocycles. The zero-order valence-electron chi connectivity index (χ0n) is 12.6. The first-order valence-corrected chi connectivity index (χ1v) is 7.38. The summed E-state index contributed by atoms with van der Waals surface area (Å²) in [5, 5.41) is 11.0. The van der Waals surface area contributed by atoms with Crippen molar-refractivity contribution in [3.63, 3.8) is 0 Å². The SMILES string of the molecule is Cc1cc(C)cc(C(=O)Nc2nnc(-c3ccc(Cl)cc3)o2)c1. The Hall–Kier alpha value is -2.66. The zero-order valence-corrected chi connectivity index (χ0v) is 13.4. The fourth-order valence-electron chi connectivity index (χ4n) is 2.26. The monoisotopic (exact) mass is 327 g/mol. The highest BCUT2D eigenvalue weighted by atomic mass is 35.5. The molecule has 116 valence electrons. The van der Waals surface area contributed by atoms with E-state index in [9.17, 15) is 4.79 Å². The van der Waals surface area contributed by atoms with Gasteiger partial charge in [-0.3, -0.25) is 10.1 Å². The van der Waals surface area contributed by atoms with Crippen molar-refractivity contribution in [1.29, 1.82) is 0 Å². The van der Waals surface area contributed by atoms with E-state index in [0.717, 1.165) is 16.7 Å². The molecule has 0 aliphatic carbocycles. The van der Waals surface area contributed by atoms with E-state index >= 15 is 0 Å². The van der Waals surface area contributed by atoms with E-state index in [0.29, 0.717) is 16.5 Å². The van der Waals surface area contributed by atoms with Crippen LogP contribution in [0.4, 0.5) is 6.01 Å². The Morgan fingerprint density at radius 3 is 2.35 bits per heavy atom. The molecule has 2 aromatic carbocycles. The Bertz CT molecular complexity index is 836. The molecule has 0 fully saturated rings. The zero-order chi connectivity index (χ0) is 16.4. The number of rotatable bonds is 3. The minimum absolute atomic E-state index is 0.0547. The lowest BCUT2D eigenvalue weighted by molar-refractivity contribution is 0.102. The van der Waals surface area contributed by atoms with Crippen LogP contribution in [-0.4, -0.2) is 16.1 Å². The first kappa shape index (κ1) is 15.2. The van der Waals surface area contributed by atoms with E-state index in [1.54, 1.807) is 36.4 Å². The Balaban J connectivity index is 1.78. The van der Waals surface area contributed by atoms with E-state index < -0.39 is 0 Å². The lowest BCUT2D eigenvalue weighted by atomic mass is 10.1. The number of benzene rings is 2. The van der Waals surface area contributed by atoms with Crippen molar-refractivity contribution in [2.75, 3.05) is 5.32 Å². The topological polar surface area (TPSA) is 68.0 Å². The number of carbonyl (C=O) groups is 1. The largest absolute Gasteiger partial charge is 0.403 e. The molecule has 3 aromatic rings. The quantitative estimate of drug-likeness (QED) is 0.780. The van der Waals surface area contributed by atoms with E-state index in [2.05, 4.69) is 15.5 Å². The summed E-state index contributed by atoms with van der Waals surface area (Å²) in [4.78, 5) is 12.3. The number of amides is 1. The summed E-state index contributed by atoms with van der Waals surface area (Å²) in [7, 11) is 0. The van der Waals surface area contributed by atoms with Crippen molar-refractivity contribution in [3.8, 4) is 11.5 Å². The minimum atomic E-state index is -0.289. The molecule has 5 nitrogen and oxygen atoms in total. The van der Waals surface area contributed by atoms with Crippen LogP contribution in [0.15, 0.2) is 46.9 Å². The molecule has 0 aliphatic heterocycles. The average molecular weight is 328 g/mol. The van der Waals surface area contributed by atoms with Crippen LogP contribution in [-0.2, 0) is 0 Å². The van der Waals surface area contributed by atoms with Gasteiger partial charge in [0.15, 0.2) is 0 Å². The second kappa shape index (κ2) is 6.22. The third-order valence-electron chi connectivity index (χ3n) is 3.22. The van der Waals surface area contributed by atoms with Crippen molar-refractivity contribution in [2.24, 2.45) is 0 Å². The molecule has 1 aromatic heterocycles. The molecule has 0 aliphatic rings. The van der Waals surface area contributed by atoms with Crippen LogP contribution >= 0.6 is 11.6 Å². The Kier molecular flexibility index (Phi) is 4.12. The van der Waals surface area contributed by atoms with Crippen molar-refractivity contribution in [2.45, 2.75) is 13.8 Å². The van der Waals surface area contributed by atoms with Crippen molar-refractivity contribution in [1.82, 2.24) is 10.2 Å². The Labute approximate surface area is 138 Å². The van der Waals surface area contributed by atoms with Gasteiger partial charge in [0.1, 0.15) is 0 Å². The maximum Gasteiger partial charge on any atom is 0.322 e. The van der Waals surface area contributed by atoms with Gasteiger partial charge >= 0.3 is 6.01 Å². The summed E-state index contributed by atoms with van der Waals surface area (Å²) in [6, 6.07) is 12.7. The molecular formula is C17H14ClN3O2. The number of aromatic nitrogens is 2. The molecular weight excluding hydrogens is 314 g/mol. The van der Waals surface area contributed by atoms with Gasteiger partial charge in [-0.15, -0.1) is 5.10 Å². The van der Waals surface area contributed by atoms with Gasteiger partial charge < -0.3 is 4.42 Å². The summed E-state index contributed by atoms with van der Waals surface area (Å²) in [6.07, 6.45) is 0. The van der Waals surface area contributed by atoms with Crippen molar-refractivity contribution in [3.05, 3.63) is 64.2 Å². The summed E-state index contributed by atoms with van der Waals surface area (Å²) >= 11 is 5.84. The van der Waals surface area contributed by atoms with Gasteiger partial charge in [0.2, 0.25) is 5.89 Å². The van der Waals surface area contributed by atoms with Crippen LogP contribution < -0.4 is 5.32 Å². The van der Waals surface area contributed by atoms with Gasteiger partial charge in [-0.2, -0.15) is 0 Å². The Morgan fingerprint density at radius 2 is 1.70 bits per heavy atom. The highest BCUT2D eigenvalue weighted by Crippen LogP contribution is 2.22. The van der Waals surface area contributed by atoms with Crippen LogP contribution in [0.25, 0.3) is 11.5 Å². The molecule has 3 rings (SSSR count). The van der Waals surface area contributed by atoms with E-state index in [-0.39, 0.29) is 11.9 Å². The average Bonchev–Trinajstić information content (AvgIpc) is 2.95. The number of hydrogen-bond acceptors (Lipinski definition) is 4. The summed E-state index contributed by atoms with van der Waals surface area (Å²) < 4.78 is 5.46. The maximum absolute atomic E-state index is 12.3. The summed E-state index contributed by atoms with van der Waals surface area (Å²) in [5.74, 6) is 0.0282. The molecule has 0 spiro atoms. The van der Waals surface area contributed by atoms with Crippen LogP contribution in [0.5, 0.6) is 0 Å². The van der Waals surface area contributed by atoms with Gasteiger partial charge in [0, 0.05) is 16.1 Å². The molecule has 1 N–H and O–H groups in total. The molecule has 6 heteroatoms. The number of anilines is 1. The number of nitrogens with zero attached hydrogens (tertiary/aromatic N) is 2. The van der Waals surface area contributed by atoms with Crippen LogP contribution in [0.1, 0.15) is 21.5 Å². The summed E-state index contributed by atoms with van der Waals surface area (Å²) in [6.45, 7) is 3.88. The molecule has 23 heavy (non-hydrogen) atoms. The van der Waals surface area contributed by atoms with E-state index in [4.69, 9.17) is 16.0 Å². The predicted octanol–water partition coefficient (Wildman–Crippen LogP) is 4.26. The third-order valence-corrected chi connectivity index (χ3v) is 3.47. The third kappa shape index (κ3) is 3.57. The molecule has 0 bridgehead atoms. The number of nitrogens with one attached hydrogen (secondary N) is 1. The normalized spacial score (nSPS) is 10.6. The molecule has 0 radical (unpaired) electrons. The minimum Gasteiger partial charge on any atom is -0.403 e. The fraction of sp³-hybridized carbons (Fsp3) is 0.118. The van der Waals surface area contributed by atoms with Gasteiger partial charge in [0.05, 0.1) is 0 Å². The smallest absolute Gasteiger partial charge is 0.322 e. The van der Waals surface area contributed by atoms with E-state index in [1.807, 2.05) is 19.9 Å². The van der Waals surface area contributed by atoms with Crippen molar-refractivity contribution >= 4 is 23.5 Å². The van der Waals surface area contributed by atoms with Crippen LogP contribution in [0, 0.1) is 13.8 Å². The molecule has 1 amide bonds. The number of carbonyl (C=O) groups excluding carboxylic acids is 1. The lowest BCUT2D eigenvalue weighted by Gasteiger charge is -2.03. The molecule has 0 atom stereocenters. The molecule has 0 saturated heterocycles. The lowest BCUT2D eigenvalue weighted by Crippen LogP contribution is -2.12.